The van der Waals surface area contributed by atoms with Crippen LogP contribution in [0.15, 0.2) is 42.9 Å². The van der Waals surface area contributed by atoms with E-state index in [1.54, 1.807) is 24.3 Å². The van der Waals surface area contributed by atoms with Crippen LogP contribution in [-0.2, 0) is 0 Å². The first-order valence-electron chi connectivity index (χ1n) is 4.44. The molecule has 1 aromatic heterocycles. The fourth-order valence-electron chi connectivity index (χ4n) is 1.26. The second-order valence-corrected chi connectivity index (χ2v) is 3.01. The second-order valence-electron chi connectivity index (χ2n) is 3.01. The summed E-state index contributed by atoms with van der Waals surface area (Å²) in [5.74, 6) is -0.207. The highest BCUT2D eigenvalue weighted by atomic mass is 16.1. The monoisotopic (exact) mass is 199 g/mol. The Morgan fingerprint density at radius 1 is 1.20 bits per heavy atom. The Kier molecular flexibility index (Phi) is 2.41. The Bertz CT molecular complexity index is 482. The number of aromatic nitrogens is 2. The summed E-state index contributed by atoms with van der Waals surface area (Å²) in [7, 11) is 0. The molecule has 2 aromatic rings. The maximum Gasteiger partial charge on any atom is 0.214 e. The Balaban J connectivity index is 2.42. The number of nitrogen functional groups attached to an aromatic ring is 1. The van der Waals surface area contributed by atoms with Gasteiger partial charge in [-0.2, -0.15) is 0 Å². The van der Waals surface area contributed by atoms with Gasteiger partial charge in [0.05, 0.1) is 6.20 Å². The minimum absolute atomic E-state index is 0.207. The van der Waals surface area contributed by atoms with Crippen molar-refractivity contribution in [2.75, 3.05) is 5.73 Å². The van der Waals surface area contributed by atoms with Crippen molar-refractivity contribution >= 4 is 11.5 Å². The summed E-state index contributed by atoms with van der Waals surface area (Å²) in [6, 6.07) is 6.90. The Morgan fingerprint density at radius 3 is 2.67 bits per heavy atom. The molecule has 74 valence electrons. The predicted molar refractivity (Wildman–Crippen MR) is 56.3 cm³/mol. The Morgan fingerprint density at radius 2 is 2.00 bits per heavy atom. The van der Waals surface area contributed by atoms with Gasteiger partial charge in [0.15, 0.2) is 0 Å². The van der Waals surface area contributed by atoms with Crippen LogP contribution in [-0.4, -0.2) is 15.8 Å². The van der Waals surface area contributed by atoms with E-state index in [0.717, 1.165) is 0 Å². The highest BCUT2D eigenvalue weighted by Gasteiger charge is 2.12. The molecule has 0 bridgehead atoms. The molecule has 0 amide bonds. The maximum atomic E-state index is 11.9. The molecular weight excluding hydrogens is 190 g/mol. The van der Waals surface area contributed by atoms with Crippen molar-refractivity contribution in [1.29, 1.82) is 0 Å². The number of rotatable bonds is 2. The summed E-state index contributed by atoms with van der Waals surface area (Å²) in [4.78, 5) is 19.6. The standard InChI is InChI=1S/C11H9N3O/c12-9-4-2-1-3-8(9)11(15)10-7-13-5-6-14-10/h1-7H,12H2. The lowest BCUT2D eigenvalue weighted by molar-refractivity contribution is 0.103. The summed E-state index contributed by atoms with van der Waals surface area (Å²) < 4.78 is 0. The first kappa shape index (κ1) is 9.33. The van der Waals surface area contributed by atoms with Gasteiger partial charge in [-0.3, -0.25) is 9.78 Å². The van der Waals surface area contributed by atoms with Gasteiger partial charge in [-0.1, -0.05) is 12.1 Å². The van der Waals surface area contributed by atoms with Crippen LogP contribution in [0.5, 0.6) is 0 Å². The Hall–Kier alpha value is -2.23. The predicted octanol–water partition coefficient (Wildman–Crippen LogP) is 1.29. The van der Waals surface area contributed by atoms with Crippen LogP contribution in [0, 0.1) is 0 Å². The van der Waals surface area contributed by atoms with Crippen LogP contribution in [0.25, 0.3) is 0 Å². The lowest BCUT2D eigenvalue weighted by Crippen LogP contribution is -2.07. The van der Waals surface area contributed by atoms with Gasteiger partial charge >= 0.3 is 0 Å². The molecule has 0 atom stereocenters. The van der Waals surface area contributed by atoms with Gasteiger partial charge in [-0.25, -0.2) is 4.98 Å². The van der Waals surface area contributed by atoms with Gasteiger partial charge in [0, 0.05) is 23.6 Å². The molecule has 0 saturated heterocycles. The molecular formula is C11H9N3O. The van der Waals surface area contributed by atoms with Gasteiger partial charge in [0.2, 0.25) is 5.78 Å². The van der Waals surface area contributed by atoms with E-state index >= 15 is 0 Å². The topological polar surface area (TPSA) is 68.9 Å². The maximum absolute atomic E-state index is 11.9. The van der Waals surface area contributed by atoms with Gasteiger partial charge in [-0.05, 0) is 12.1 Å². The number of carbonyl (C=O) groups excluding carboxylic acids is 1. The molecule has 0 fully saturated rings. The van der Waals surface area contributed by atoms with Crippen LogP contribution < -0.4 is 5.73 Å². The van der Waals surface area contributed by atoms with Crippen molar-refractivity contribution in [3.8, 4) is 0 Å². The molecule has 1 heterocycles. The SMILES string of the molecule is Nc1ccccc1C(=O)c1cnccn1. The number of anilines is 1. The van der Waals surface area contributed by atoms with Gasteiger partial charge in [0.1, 0.15) is 5.69 Å². The van der Waals surface area contributed by atoms with E-state index < -0.39 is 0 Å². The lowest BCUT2D eigenvalue weighted by Gasteiger charge is -2.02. The van der Waals surface area contributed by atoms with E-state index in [-0.39, 0.29) is 5.78 Å². The summed E-state index contributed by atoms with van der Waals surface area (Å²) >= 11 is 0. The third-order valence-corrected chi connectivity index (χ3v) is 2.00. The molecule has 2 N–H and O–H groups in total. The molecule has 1 aromatic carbocycles. The van der Waals surface area contributed by atoms with Crippen molar-refractivity contribution in [2.45, 2.75) is 0 Å². The van der Waals surface area contributed by atoms with Crippen molar-refractivity contribution in [1.82, 2.24) is 9.97 Å². The summed E-state index contributed by atoms with van der Waals surface area (Å²) in [5.41, 5.74) is 6.90. The number of nitrogens with zero attached hydrogens (tertiary/aromatic N) is 2. The minimum atomic E-state index is -0.207. The number of benzene rings is 1. The Labute approximate surface area is 86.8 Å². The third kappa shape index (κ3) is 1.83. The molecule has 0 aliphatic heterocycles. The number of hydrogen-bond donors (Lipinski definition) is 1. The smallest absolute Gasteiger partial charge is 0.214 e. The largest absolute Gasteiger partial charge is 0.398 e. The van der Waals surface area contributed by atoms with Crippen molar-refractivity contribution in [2.24, 2.45) is 0 Å². The minimum Gasteiger partial charge on any atom is -0.398 e. The number of ketones is 1. The molecule has 4 heteroatoms. The quantitative estimate of drug-likeness (QED) is 0.584. The number of carbonyl (C=O) groups is 1. The third-order valence-electron chi connectivity index (χ3n) is 2.00. The molecule has 0 aliphatic rings. The van der Waals surface area contributed by atoms with Crippen LogP contribution >= 0.6 is 0 Å². The van der Waals surface area contributed by atoms with Crippen LogP contribution in [0.4, 0.5) is 5.69 Å². The zero-order valence-corrected chi connectivity index (χ0v) is 7.92. The van der Waals surface area contributed by atoms with E-state index in [4.69, 9.17) is 5.73 Å². The molecule has 4 nitrogen and oxygen atoms in total. The van der Waals surface area contributed by atoms with E-state index in [1.807, 2.05) is 0 Å². The lowest BCUT2D eigenvalue weighted by atomic mass is 10.1. The van der Waals surface area contributed by atoms with Crippen LogP contribution in [0.2, 0.25) is 0 Å². The molecule has 0 unspecified atom stereocenters. The van der Waals surface area contributed by atoms with E-state index in [2.05, 4.69) is 9.97 Å². The second kappa shape index (κ2) is 3.88. The van der Waals surface area contributed by atoms with E-state index in [0.29, 0.717) is 16.9 Å². The molecule has 0 saturated carbocycles. The number of nitrogens with two attached hydrogens (primary N) is 1. The summed E-state index contributed by atoms with van der Waals surface area (Å²) in [6.07, 6.45) is 4.42. The molecule has 2 rings (SSSR count). The normalized spacial score (nSPS) is 9.87. The zero-order chi connectivity index (χ0) is 10.7. The molecule has 0 aliphatic carbocycles. The zero-order valence-electron chi connectivity index (χ0n) is 7.92. The van der Waals surface area contributed by atoms with Crippen molar-refractivity contribution in [3.05, 3.63) is 54.1 Å². The van der Waals surface area contributed by atoms with Gasteiger partial charge < -0.3 is 5.73 Å². The van der Waals surface area contributed by atoms with Crippen LogP contribution in [0.3, 0.4) is 0 Å². The fraction of sp³-hybridized carbons (Fsp3) is 0. The first-order chi connectivity index (χ1) is 7.29. The molecule has 15 heavy (non-hydrogen) atoms. The average Bonchev–Trinajstić information content (AvgIpc) is 2.30. The summed E-state index contributed by atoms with van der Waals surface area (Å²) in [5, 5.41) is 0. The van der Waals surface area contributed by atoms with E-state index in [9.17, 15) is 4.79 Å². The molecule has 0 radical (unpaired) electrons. The first-order valence-corrected chi connectivity index (χ1v) is 4.44. The summed E-state index contributed by atoms with van der Waals surface area (Å²) in [6.45, 7) is 0. The average molecular weight is 199 g/mol. The van der Waals surface area contributed by atoms with Crippen molar-refractivity contribution < 1.29 is 4.79 Å². The van der Waals surface area contributed by atoms with Crippen molar-refractivity contribution in [3.63, 3.8) is 0 Å². The molecule has 0 spiro atoms. The van der Waals surface area contributed by atoms with Gasteiger partial charge in [-0.15, -0.1) is 0 Å². The fourth-order valence-corrected chi connectivity index (χ4v) is 1.26. The van der Waals surface area contributed by atoms with Crippen LogP contribution in [0.1, 0.15) is 16.1 Å². The highest BCUT2D eigenvalue weighted by Crippen LogP contribution is 2.13. The number of para-hydroxylation sites is 1. The highest BCUT2D eigenvalue weighted by molar-refractivity contribution is 6.10. The van der Waals surface area contributed by atoms with Gasteiger partial charge in [0.25, 0.3) is 0 Å². The van der Waals surface area contributed by atoms with E-state index in [1.165, 1.54) is 18.6 Å². The number of hydrogen-bond acceptors (Lipinski definition) is 4.